The smallest absolute Gasteiger partial charge is 0.150 e. The summed E-state index contributed by atoms with van der Waals surface area (Å²) in [5.74, 6) is 0.575. The minimum Gasteiger partial charge on any atom is -0.455 e. The molecule has 1 aromatic heterocycles. The summed E-state index contributed by atoms with van der Waals surface area (Å²) in [4.78, 5) is 4.03. The molecule has 0 radical (unpaired) electrons. The fraction of sp³-hybridized carbons (Fsp3) is 0. The second kappa shape index (κ2) is 4.57. The fourth-order valence-electron chi connectivity index (χ4n) is 1.92. The van der Waals surface area contributed by atoms with Gasteiger partial charge in [0, 0.05) is 29.2 Å². The Bertz CT molecular complexity index is 743. The van der Waals surface area contributed by atoms with Crippen LogP contribution in [0.5, 0.6) is 11.5 Å². The zero-order valence-corrected chi connectivity index (χ0v) is 10.0. The molecule has 0 saturated heterocycles. The van der Waals surface area contributed by atoms with E-state index >= 15 is 0 Å². The number of nitrogens with two attached hydrogens (primary N) is 1. The molecule has 0 bridgehead atoms. The third-order valence-electron chi connectivity index (χ3n) is 2.85. The number of hydrogen-bond acceptors (Lipinski definition) is 3. The molecule has 0 spiro atoms. The molecule has 0 fully saturated rings. The van der Waals surface area contributed by atoms with Crippen molar-refractivity contribution in [3.8, 4) is 11.5 Å². The number of nitrogen functional groups attached to an aromatic ring is 1. The predicted molar refractivity (Wildman–Crippen MR) is 72.6 cm³/mol. The van der Waals surface area contributed by atoms with Crippen molar-refractivity contribution in [1.82, 2.24) is 4.98 Å². The summed E-state index contributed by atoms with van der Waals surface area (Å²) in [6.45, 7) is 0. The Morgan fingerprint density at radius 3 is 2.84 bits per heavy atom. The number of fused-ring (bicyclic) bond motifs is 1. The predicted octanol–water partition coefficient (Wildman–Crippen LogP) is 3.75. The number of ether oxygens (including phenoxy) is 1. The average molecular weight is 254 g/mol. The summed E-state index contributed by atoms with van der Waals surface area (Å²) in [6.07, 6.45) is 3.41. The molecule has 0 saturated carbocycles. The van der Waals surface area contributed by atoms with E-state index in [0.29, 0.717) is 17.2 Å². The van der Waals surface area contributed by atoms with Gasteiger partial charge in [-0.25, -0.2) is 4.39 Å². The molecule has 0 aliphatic heterocycles. The first kappa shape index (κ1) is 11.5. The highest BCUT2D eigenvalue weighted by atomic mass is 19.1. The van der Waals surface area contributed by atoms with Crippen molar-refractivity contribution in [1.29, 1.82) is 0 Å². The second-order valence-electron chi connectivity index (χ2n) is 4.13. The number of pyridine rings is 1. The molecule has 3 aromatic rings. The van der Waals surface area contributed by atoms with Crippen LogP contribution in [0.25, 0.3) is 10.8 Å². The van der Waals surface area contributed by atoms with E-state index in [1.54, 1.807) is 30.6 Å². The third-order valence-corrected chi connectivity index (χ3v) is 2.85. The second-order valence-corrected chi connectivity index (χ2v) is 4.13. The molecule has 4 heteroatoms. The Morgan fingerprint density at radius 2 is 2.00 bits per heavy atom. The molecule has 0 unspecified atom stereocenters. The third kappa shape index (κ3) is 2.20. The highest BCUT2D eigenvalue weighted by Gasteiger charge is 2.07. The molecule has 1 heterocycles. The number of halogens is 1. The first-order valence-electron chi connectivity index (χ1n) is 5.80. The van der Waals surface area contributed by atoms with Gasteiger partial charge in [-0.3, -0.25) is 4.98 Å². The molecule has 0 aliphatic carbocycles. The van der Waals surface area contributed by atoms with Crippen molar-refractivity contribution in [2.45, 2.75) is 0 Å². The number of aromatic nitrogens is 1. The van der Waals surface area contributed by atoms with Crippen LogP contribution < -0.4 is 10.5 Å². The van der Waals surface area contributed by atoms with E-state index in [4.69, 9.17) is 10.5 Å². The minimum absolute atomic E-state index is 0.346. The Morgan fingerprint density at radius 1 is 1.11 bits per heavy atom. The van der Waals surface area contributed by atoms with E-state index in [2.05, 4.69) is 4.98 Å². The van der Waals surface area contributed by atoms with Gasteiger partial charge in [-0.05, 0) is 30.3 Å². The first-order valence-corrected chi connectivity index (χ1v) is 5.80. The number of benzene rings is 2. The quantitative estimate of drug-likeness (QED) is 0.708. The van der Waals surface area contributed by atoms with Gasteiger partial charge in [0.25, 0.3) is 0 Å². The molecule has 2 aromatic carbocycles. The molecule has 0 aliphatic rings. The lowest BCUT2D eigenvalue weighted by molar-refractivity contribution is 0.479. The maximum Gasteiger partial charge on any atom is 0.150 e. The van der Waals surface area contributed by atoms with Gasteiger partial charge in [0.2, 0.25) is 0 Å². The van der Waals surface area contributed by atoms with Crippen molar-refractivity contribution in [2.24, 2.45) is 0 Å². The van der Waals surface area contributed by atoms with Crippen LogP contribution in [-0.2, 0) is 0 Å². The zero-order valence-electron chi connectivity index (χ0n) is 10.0. The summed E-state index contributed by atoms with van der Waals surface area (Å²) in [6, 6.07) is 11.4. The van der Waals surface area contributed by atoms with Crippen LogP contribution in [0, 0.1) is 5.82 Å². The molecule has 0 atom stereocenters. The van der Waals surface area contributed by atoms with Crippen molar-refractivity contribution in [2.75, 3.05) is 5.73 Å². The zero-order chi connectivity index (χ0) is 13.2. The topological polar surface area (TPSA) is 48.1 Å². The number of hydrogen-bond donors (Lipinski definition) is 1. The van der Waals surface area contributed by atoms with E-state index in [0.717, 1.165) is 10.8 Å². The van der Waals surface area contributed by atoms with Gasteiger partial charge in [0.05, 0.1) is 5.69 Å². The van der Waals surface area contributed by atoms with Gasteiger partial charge >= 0.3 is 0 Å². The summed E-state index contributed by atoms with van der Waals surface area (Å²) in [5, 5.41) is 1.80. The van der Waals surface area contributed by atoms with Crippen molar-refractivity contribution >= 4 is 16.5 Å². The van der Waals surface area contributed by atoms with E-state index in [9.17, 15) is 4.39 Å². The Kier molecular flexibility index (Phi) is 2.76. The summed E-state index contributed by atoms with van der Waals surface area (Å²) >= 11 is 0. The monoisotopic (exact) mass is 254 g/mol. The lowest BCUT2D eigenvalue weighted by atomic mass is 10.1. The first-order chi connectivity index (χ1) is 9.24. The number of rotatable bonds is 2. The van der Waals surface area contributed by atoms with Crippen molar-refractivity contribution in [3.63, 3.8) is 0 Å². The summed E-state index contributed by atoms with van der Waals surface area (Å²) < 4.78 is 18.7. The van der Waals surface area contributed by atoms with Crippen LogP contribution in [-0.4, -0.2) is 4.98 Å². The van der Waals surface area contributed by atoms with E-state index < -0.39 is 0 Å². The largest absolute Gasteiger partial charge is 0.455 e. The van der Waals surface area contributed by atoms with E-state index in [1.807, 2.05) is 12.1 Å². The molecule has 3 nitrogen and oxygen atoms in total. The summed E-state index contributed by atoms with van der Waals surface area (Å²) in [7, 11) is 0. The average Bonchev–Trinajstić information content (AvgIpc) is 2.42. The highest BCUT2D eigenvalue weighted by Crippen LogP contribution is 2.33. The van der Waals surface area contributed by atoms with Gasteiger partial charge < -0.3 is 10.5 Å². The Hall–Kier alpha value is -2.62. The SMILES string of the molecule is Nc1c(Oc2cccc(F)c2)ccc2cnccc12. The maximum absolute atomic E-state index is 13.1. The molecule has 94 valence electrons. The normalized spacial score (nSPS) is 10.6. The lowest BCUT2D eigenvalue weighted by Gasteiger charge is -2.10. The number of anilines is 1. The van der Waals surface area contributed by atoms with Gasteiger partial charge in [-0.2, -0.15) is 0 Å². The highest BCUT2D eigenvalue weighted by molar-refractivity contribution is 5.95. The van der Waals surface area contributed by atoms with Crippen LogP contribution in [0.3, 0.4) is 0 Å². The Balaban J connectivity index is 2.04. The Labute approximate surface area is 109 Å². The van der Waals surface area contributed by atoms with Gasteiger partial charge in [-0.15, -0.1) is 0 Å². The van der Waals surface area contributed by atoms with Gasteiger partial charge in [-0.1, -0.05) is 6.07 Å². The van der Waals surface area contributed by atoms with Crippen LogP contribution in [0.15, 0.2) is 54.9 Å². The molecule has 3 rings (SSSR count). The molecule has 0 amide bonds. The van der Waals surface area contributed by atoms with Crippen molar-refractivity contribution in [3.05, 3.63) is 60.7 Å². The van der Waals surface area contributed by atoms with Crippen LogP contribution in [0.4, 0.5) is 10.1 Å². The molecular formula is C15H11FN2O. The van der Waals surface area contributed by atoms with Gasteiger partial charge in [0.15, 0.2) is 5.75 Å². The fourth-order valence-corrected chi connectivity index (χ4v) is 1.92. The van der Waals surface area contributed by atoms with Gasteiger partial charge in [0.1, 0.15) is 11.6 Å². The maximum atomic E-state index is 13.1. The van der Waals surface area contributed by atoms with E-state index in [-0.39, 0.29) is 5.82 Å². The van der Waals surface area contributed by atoms with Crippen LogP contribution >= 0.6 is 0 Å². The number of nitrogens with zero attached hydrogens (tertiary/aromatic N) is 1. The van der Waals surface area contributed by atoms with Crippen molar-refractivity contribution < 1.29 is 9.13 Å². The molecule has 2 N–H and O–H groups in total. The molecule has 19 heavy (non-hydrogen) atoms. The molecular weight excluding hydrogens is 243 g/mol. The standard InChI is InChI=1S/C15H11FN2O/c16-11-2-1-3-12(8-11)19-14-5-4-10-9-18-7-6-13(10)15(14)17/h1-9H,17H2. The minimum atomic E-state index is -0.346. The van der Waals surface area contributed by atoms with E-state index in [1.165, 1.54) is 12.1 Å². The lowest BCUT2D eigenvalue weighted by Crippen LogP contribution is -1.94. The van der Waals surface area contributed by atoms with Crippen LogP contribution in [0.1, 0.15) is 0 Å². The summed E-state index contributed by atoms with van der Waals surface area (Å²) in [5.41, 5.74) is 6.58. The van der Waals surface area contributed by atoms with Crippen LogP contribution in [0.2, 0.25) is 0 Å².